The summed E-state index contributed by atoms with van der Waals surface area (Å²) >= 11 is 9.59. The molecule has 96 valence electrons. The Hall–Kier alpha value is -0.870. The molecular weight excluding hydrogens is 314 g/mol. The van der Waals surface area contributed by atoms with Gasteiger partial charge in [0, 0.05) is 22.4 Å². The highest BCUT2D eigenvalue weighted by molar-refractivity contribution is 9.10. The lowest BCUT2D eigenvalue weighted by atomic mass is 10.0. The van der Waals surface area contributed by atoms with E-state index in [2.05, 4.69) is 45.1 Å². The first-order valence-electron chi connectivity index (χ1n) is 5.72. The van der Waals surface area contributed by atoms with Gasteiger partial charge >= 0.3 is 0 Å². The van der Waals surface area contributed by atoms with Crippen LogP contribution in [0.4, 0.5) is 5.69 Å². The van der Waals surface area contributed by atoms with Crippen LogP contribution in [0.25, 0.3) is 11.0 Å². The fraction of sp³-hybridized carbons (Fsp3) is 0.385. The van der Waals surface area contributed by atoms with E-state index in [9.17, 15) is 0 Å². The number of hydrogen-bond acceptors (Lipinski definition) is 3. The van der Waals surface area contributed by atoms with E-state index < -0.39 is 0 Å². The third-order valence-corrected chi connectivity index (χ3v) is 3.97. The Balaban J connectivity index is 2.46. The van der Waals surface area contributed by atoms with Gasteiger partial charge in [-0.2, -0.15) is 0 Å². The Bertz CT molecular complexity index is 569. The smallest absolute Gasteiger partial charge is 0.112 e. The first-order chi connectivity index (χ1) is 8.40. The van der Waals surface area contributed by atoms with E-state index in [0.29, 0.717) is 0 Å². The van der Waals surface area contributed by atoms with Crippen LogP contribution in [0, 0.1) is 0 Å². The Morgan fingerprint density at radius 2 is 2.11 bits per heavy atom. The summed E-state index contributed by atoms with van der Waals surface area (Å²) < 4.78 is 0.921. The number of aromatic nitrogens is 2. The molecule has 5 heteroatoms. The van der Waals surface area contributed by atoms with Gasteiger partial charge in [0.05, 0.1) is 16.6 Å². The Morgan fingerprint density at radius 3 is 2.78 bits per heavy atom. The first kappa shape index (κ1) is 13.6. The highest BCUT2D eigenvalue weighted by Gasteiger charge is 2.24. The summed E-state index contributed by atoms with van der Waals surface area (Å²) in [6, 6.07) is 3.87. The number of nitrogens with zero attached hydrogens (tertiary/aromatic N) is 2. The molecule has 2 heterocycles. The number of alkyl halides is 1. The zero-order chi connectivity index (χ0) is 13.3. The summed E-state index contributed by atoms with van der Waals surface area (Å²) in [6.07, 6.45) is 3.54. The number of anilines is 1. The number of fused-ring (bicyclic) bond motifs is 1. The van der Waals surface area contributed by atoms with Crippen LogP contribution in [-0.4, -0.2) is 20.9 Å². The van der Waals surface area contributed by atoms with E-state index in [4.69, 9.17) is 11.6 Å². The van der Waals surface area contributed by atoms with Crippen molar-refractivity contribution in [2.75, 3.05) is 5.32 Å². The van der Waals surface area contributed by atoms with Gasteiger partial charge < -0.3 is 5.32 Å². The number of rotatable bonds is 3. The summed E-state index contributed by atoms with van der Waals surface area (Å²) in [5.74, 6) is 0. The van der Waals surface area contributed by atoms with Gasteiger partial charge in [0.2, 0.25) is 0 Å². The van der Waals surface area contributed by atoms with Crippen LogP contribution in [-0.2, 0) is 0 Å². The van der Waals surface area contributed by atoms with Crippen LogP contribution in [0.15, 0.2) is 29.0 Å². The van der Waals surface area contributed by atoms with Crippen molar-refractivity contribution < 1.29 is 0 Å². The largest absolute Gasteiger partial charge is 0.377 e. The quantitative estimate of drug-likeness (QED) is 0.858. The van der Waals surface area contributed by atoms with Gasteiger partial charge in [0.15, 0.2) is 0 Å². The van der Waals surface area contributed by atoms with Gasteiger partial charge in [-0.1, -0.05) is 0 Å². The zero-order valence-electron chi connectivity index (χ0n) is 10.5. The van der Waals surface area contributed by atoms with E-state index in [0.717, 1.165) is 21.2 Å². The minimum Gasteiger partial charge on any atom is -0.377 e. The monoisotopic (exact) mass is 327 g/mol. The third kappa shape index (κ3) is 2.75. The van der Waals surface area contributed by atoms with E-state index in [-0.39, 0.29) is 10.9 Å². The number of pyridine rings is 2. The second-order valence-corrected chi connectivity index (χ2v) is 6.41. The van der Waals surface area contributed by atoms with Gasteiger partial charge in [-0.05, 0) is 48.8 Å². The van der Waals surface area contributed by atoms with Crippen molar-refractivity contribution >= 4 is 44.3 Å². The lowest BCUT2D eigenvalue weighted by Gasteiger charge is -2.30. The second-order valence-electron chi connectivity index (χ2n) is 4.84. The molecule has 3 nitrogen and oxygen atoms in total. The van der Waals surface area contributed by atoms with Crippen molar-refractivity contribution in [1.82, 2.24) is 9.97 Å². The van der Waals surface area contributed by atoms with Crippen LogP contribution >= 0.6 is 27.5 Å². The minimum atomic E-state index is -0.218. The highest BCUT2D eigenvalue weighted by atomic mass is 79.9. The SMILES string of the molecule is CC(Cl)C(C)(C)Nc1ccnc2cc(Br)cnc12. The molecule has 0 spiro atoms. The van der Waals surface area contributed by atoms with E-state index in [1.165, 1.54) is 0 Å². The average Bonchev–Trinajstić information content (AvgIpc) is 2.28. The second kappa shape index (κ2) is 5.02. The van der Waals surface area contributed by atoms with Gasteiger partial charge in [-0.15, -0.1) is 11.6 Å². The summed E-state index contributed by atoms with van der Waals surface area (Å²) in [6.45, 7) is 6.10. The fourth-order valence-corrected chi connectivity index (χ4v) is 1.93. The Labute approximate surface area is 120 Å². The first-order valence-corrected chi connectivity index (χ1v) is 6.95. The van der Waals surface area contributed by atoms with Gasteiger partial charge in [0.1, 0.15) is 5.52 Å². The van der Waals surface area contributed by atoms with Crippen LogP contribution in [0.5, 0.6) is 0 Å². The van der Waals surface area contributed by atoms with E-state index in [1.807, 2.05) is 19.1 Å². The maximum atomic E-state index is 6.19. The van der Waals surface area contributed by atoms with Crippen molar-refractivity contribution in [3.63, 3.8) is 0 Å². The number of hydrogen-bond donors (Lipinski definition) is 1. The van der Waals surface area contributed by atoms with Crippen LogP contribution in [0.1, 0.15) is 20.8 Å². The summed E-state index contributed by atoms with van der Waals surface area (Å²) in [7, 11) is 0. The van der Waals surface area contributed by atoms with Crippen molar-refractivity contribution in [2.24, 2.45) is 0 Å². The molecule has 0 saturated heterocycles. The molecule has 0 radical (unpaired) electrons. The zero-order valence-corrected chi connectivity index (χ0v) is 12.9. The molecule has 1 unspecified atom stereocenters. The van der Waals surface area contributed by atoms with Crippen molar-refractivity contribution in [2.45, 2.75) is 31.7 Å². The molecule has 2 aromatic rings. The maximum absolute atomic E-state index is 6.19. The third-order valence-electron chi connectivity index (χ3n) is 3.00. The molecular formula is C13H15BrClN3. The minimum absolute atomic E-state index is 0.00355. The molecule has 1 N–H and O–H groups in total. The molecule has 0 amide bonds. The standard InChI is InChI=1S/C13H15BrClN3/c1-8(15)13(2,3)18-10-4-5-16-11-6-9(14)7-17-12(10)11/h4-8H,1-3H3,(H,16,18). The number of nitrogens with one attached hydrogen (secondary N) is 1. The molecule has 0 aliphatic carbocycles. The molecule has 1 atom stereocenters. The van der Waals surface area contributed by atoms with Crippen molar-refractivity contribution in [1.29, 1.82) is 0 Å². The van der Waals surface area contributed by atoms with Crippen LogP contribution < -0.4 is 5.32 Å². The van der Waals surface area contributed by atoms with Crippen LogP contribution in [0.3, 0.4) is 0 Å². The topological polar surface area (TPSA) is 37.8 Å². The Kier molecular flexibility index (Phi) is 3.78. The van der Waals surface area contributed by atoms with E-state index >= 15 is 0 Å². The van der Waals surface area contributed by atoms with Crippen LogP contribution in [0.2, 0.25) is 0 Å². The predicted octanol–water partition coefficient (Wildman–Crippen LogP) is 4.21. The molecule has 2 aromatic heterocycles. The summed E-state index contributed by atoms with van der Waals surface area (Å²) in [5.41, 5.74) is 2.44. The molecule has 2 rings (SSSR count). The van der Waals surface area contributed by atoms with E-state index in [1.54, 1.807) is 12.4 Å². The Morgan fingerprint density at radius 1 is 1.39 bits per heavy atom. The molecule has 0 aliphatic heterocycles. The lowest BCUT2D eigenvalue weighted by molar-refractivity contribution is 0.555. The summed E-state index contributed by atoms with van der Waals surface area (Å²) in [5, 5.41) is 3.43. The molecule has 0 fully saturated rings. The lowest BCUT2D eigenvalue weighted by Crippen LogP contribution is -2.39. The van der Waals surface area contributed by atoms with Gasteiger partial charge in [-0.3, -0.25) is 9.97 Å². The molecule has 0 aliphatic rings. The maximum Gasteiger partial charge on any atom is 0.112 e. The van der Waals surface area contributed by atoms with Crippen molar-refractivity contribution in [3.05, 3.63) is 29.0 Å². The van der Waals surface area contributed by atoms with Gasteiger partial charge in [-0.25, -0.2) is 0 Å². The molecule has 0 bridgehead atoms. The normalized spacial score (nSPS) is 13.6. The van der Waals surface area contributed by atoms with Crippen molar-refractivity contribution in [3.8, 4) is 0 Å². The van der Waals surface area contributed by atoms with Gasteiger partial charge in [0.25, 0.3) is 0 Å². The summed E-state index contributed by atoms with van der Waals surface area (Å²) in [4.78, 5) is 8.72. The highest BCUT2D eigenvalue weighted by Crippen LogP contribution is 2.27. The number of halogens is 2. The predicted molar refractivity (Wildman–Crippen MR) is 80.3 cm³/mol. The molecule has 0 saturated carbocycles. The fourth-order valence-electron chi connectivity index (χ4n) is 1.55. The average molecular weight is 329 g/mol. The molecule has 0 aromatic carbocycles. The molecule has 18 heavy (non-hydrogen) atoms.